The van der Waals surface area contributed by atoms with E-state index in [1.54, 1.807) is 50.7 Å². The lowest BCUT2D eigenvalue weighted by Crippen LogP contribution is -2.11. The summed E-state index contributed by atoms with van der Waals surface area (Å²) >= 11 is 0. The van der Waals surface area contributed by atoms with Gasteiger partial charge in [-0.15, -0.1) is 0 Å². The van der Waals surface area contributed by atoms with Crippen LogP contribution in [0, 0.1) is 6.92 Å². The second kappa shape index (κ2) is 7.29. The standard InChI is InChI=1S/C23H21NO4S/c1-16-4-11-20(12-5-16)29(25,26)24-15-22(17-6-8-18(27-2)9-7-17)21-13-10-19(28-3)14-23(21)24/h4-15H,1-3H3. The molecule has 148 valence electrons. The van der Waals surface area contributed by atoms with Gasteiger partial charge in [0.25, 0.3) is 10.0 Å². The Labute approximate surface area is 170 Å². The Morgan fingerprint density at radius 1 is 0.793 bits per heavy atom. The van der Waals surface area contributed by atoms with E-state index < -0.39 is 10.0 Å². The van der Waals surface area contributed by atoms with E-state index >= 15 is 0 Å². The van der Waals surface area contributed by atoms with Crippen LogP contribution in [0.3, 0.4) is 0 Å². The lowest BCUT2D eigenvalue weighted by molar-refractivity contribution is 0.415. The first kappa shape index (κ1) is 19.1. The Morgan fingerprint density at radius 2 is 1.41 bits per heavy atom. The van der Waals surface area contributed by atoms with E-state index in [4.69, 9.17) is 9.47 Å². The molecule has 0 fully saturated rings. The molecule has 0 saturated heterocycles. The number of methoxy groups -OCH3 is 2. The topological polar surface area (TPSA) is 57.5 Å². The van der Waals surface area contributed by atoms with Crippen LogP contribution in [0.5, 0.6) is 11.5 Å². The van der Waals surface area contributed by atoms with Crippen molar-refractivity contribution in [1.29, 1.82) is 0 Å². The summed E-state index contributed by atoms with van der Waals surface area (Å²) in [6, 6.07) is 19.9. The highest BCUT2D eigenvalue weighted by Gasteiger charge is 2.22. The number of ether oxygens (including phenoxy) is 2. The van der Waals surface area contributed by atoms with Crippen LogP contribution < -0.4 is 9.47 Å². The SMILES string of the molecule is COc1ccc(-c2cn(S(=O)(=O)c3ccc(C)cc3)c3cc(OC)ccc23)cc1. The molecule has 0 radical (unpaired) electrons. The smallest absolute Gasteiger partial charge is 0.268 e. The quantitative estimate of drug-likeness (QED) is 0.474. The predicted molar refractivity (Wildman–Crippen MR) is 114 cm³/mol. The molecule has 0 atom stereocenters. The Kier molecular flexibility index (Phi) is 4.80. The molecular formula is C23H21NO4S. The van der Waals surface area contributed by atoms with Gasteiger partial charge in [-0.1, -0.05) is 29.8 Å². The van der Waals surface area contributed by atoms with Crippen molar-refractivity contribution in [2.45, 2.75) is 11.8 Å². The summed E-state index contributed by atoms with van der Waals surface area (Å²) in [7, 11) is -0.596. The van der Waals surface area contributed by atoms with Crippen LogP contribution in [0.15, 0.2) is 77.8 Å². The number of hydrogen-bond donors (Lipinski definition) is 0. The van der Waals surface area contributed by atoms with Crippen LogP contribution in [0.25, 0.3) is 22.0 Å². The molecule has 0 aliphatic heterocycles. The van der Waals surface area contributed by atoms with Crippen molar-refractivity contribution in [3.63, 3.8) is 0 Å². The van der Waals surface area contributed by atoms with Crippen LogP contribution in [0.4, 0.5) is 0 Å². The predicted octanol–water partition coefficient (Wildman–Crippen LogP) is 4.87. The van der Waals surface area contributed by atoms with E-state index in [1.807, 2.05) is 43.3 Å². The van der Waals surface area contributed by atoms with Crippen molar-refractivity contribution < 1.29 is 17.9 Å². The monoisotopic (exact) mass is 407 g/mol. The molecule has 0 spiro atoms. The Morgan fingerprint density at radius 3 is 2.03 bits per heavy atom. The molecule has 5 nitrogen and oxygen atoms in total. The molecule has 0 N–H and O–H groups in total. The Balaban J connectivity index is 1.96. The van der Waals surface area contributed by atoms with E-state index in [0.29, 0.717) is 11.3 Å². The number of hydrogen-bond acceptors (Lipinski definition) is 4. The van der Waals surface area contributed by atoms with Crippen molar-refractivity contribution in [2.24, 2.45) is 0 Å². The molecule has 0 amide bonds. The molecule has 0 bridgehead atoms. The van der Waals surface area contributed by atoms with Gasteiger partial charge in [0, 0.05) is 23.2 Å². The summed E-state index contributed by atoms with van der Waals surface area (Å²) in [6.45, 7) is 1.92. The number of aryl methyl sites for hydroxylation is 1. The molecule has 3 aromatic carbocycles. The summed E-state index contributed by atoms with van der Waals surface area (Å²) in [5.41, 5.74) is 3.29. The fourth-order valence-corrected chi connectivity index (χ4v) is 4.69. The maximum atomic E-state index is 13.4. The third-order valence-electron chi connectivity index (χ3n) is 4.96. The molecule has 0 saturated carbocycles. The second-order valence-corrected chi connectivity index (χ2v) is 8.58. The van der Waals surface area contributed by atoms with Gasteiger partial charge < -0.3 is 9.47 Å². The van der Waals surface area contributed by atoms with Crippen molar-refractivity contribution >= 4 is 20.9 Å². The van der Waals surface area contributed by atoms with Gasteiger partial charge in [0.1, 0.15) is 11.5 Å². The third kappa shape index (κ3) is 3.36. The number of benzene rings is 3. The lowest BCUT2D eigenvalue weighted by atomic mass is 10.0. The molecule has 4 aromatic rings. The van der Waals surface area contributed by atoms with Crippen LogP contribution in [-0.4, -0.2) is 26.6 Å². The van der Waals surface area contributed by atoms with E-state index in [-0.39, 0.29) is 4.90 Å². The molecule has 6 heteroatoms. The molecule has 29 heavy (non-hydrogen) atoms. The molecule has 0 aliphatic carbocycles. The first-order valence-corrected chi connectivity index (χ1v) is 10.5. The largest absolute Gasteiger partial charge is 0.497 e. The second-order valence-electron chi connectivity index (χ2n) is 6.77. The summed E-state index contributed by atoms with van der Waals surface area (Å²) in [6.07, 6.45) is 1.67. The highest BCUT2D eigenvalue weighted by Crippen LogP contribution is 2.35. The fourth-order valence-electron chi connectivity index (χ4n) is 3.33. The zero-order chi connectivity index (χ0) is 20.6. The molecule has 4 rings (SSSR count). The normalized spacial score (nSPS) is 11.6. The maximum Gasteiger partial charge on any atom is 0.268 e. The molecule has 0 aliphatic rings. The van der Waals surface area contributed by atoms with Gasteiger partial charge in [-0.05, 0) is 48.9 Å². The van der Waals surface area contributed by atoms with Gasteiger partial charge in [0.15, 0.2) is 0 Å². The first-order valence-electron chi connectivity index (χ1n) is 9.10. The molecular weight excluding hydrogens is 386 g/mol. The van der Waals surface area contributed by atoms with E-state index in [0.717, 1.165) is 27.8 Å². The summed E-state index contributed by atoms with van der Waals surface area (Å²) < 4.78 is 38.7. The Hall–Kier alpha value is -3.25. The zero-order valence-corrected chi connectivity index (χ0v) is 17.2. The van der Waals surface area contributed by atoms with Gasteiger partial charge in [0.2, 0.25) is 0 Å². The van der Waals surface area contributed by atoms with Gasteiger partial charge in [-0.25, -0.2) is 12.4 Å². The van der Waals surface area contributed by atoms with Crippen LogP contribution in [0.2, 0.25) is 0 Å². The van der Waals surface area contributed by atoms with Crippen molar-refractivity contribution in [2.75, 3.05) is 14.2 Å². The van der Waals surface area contributed by atoms with Crippen molar-refractivity contribution in [1.82, 2.24) is 3.97 Å². The average Bonchev–Trinajstić information content (AvgIpc) is 3.13. The van der Waals surface area contributed by atoms with E-state index in [9.17, 15) is 8.42 Å². The molecule has 1 heterocycles. The van der Waals surface area contributed by atoms with Gasteiger partial charge in [-0.3, -0.25) is 0 Å². The number of fused-ring (bicyclic) bond motifs is 1. The number of aromatic nitrogens is 1. The highest BCUT2D eigenvalue weighted by atomic mass is 32.2. The molecule has 1 aromatic heterocycles. The first-order chi connectivity index (χ1) is 13.9. The molecule has 0 unspecified atom stereocenters. The van der Waals surface area contributed by atoms with Crippen LogP contribution in [0.1, 0.15) is 5.56 Å². The summed E-state index contributed by atoms with van der Waals surface area (Å²) in [5, 5.41) is 0.826. The maximum absolute atomic E-state index is 13.4. The average molecular weight is 407 g/mol. The van der Waals surface area contributed by atoms with Crippen molar-refractivity contribution in [3.8, 4) is 22.6 Å². The number of nitrogens with zero attached hydrogens (tertiary/aromatic N) is 1. The van der Waals surface area contributed by atoms with Crippen molar-refractivity contribution in [3.05, 3.63) is 78.5 Å². The summed E-state index contributed by atoms with van der Waals surface area (Å²) in [5.74, 6) is 1.34. The lowest BCUT2D eigenvalue weighted by Gasteiger charge is -2.08. The summed E-state index contributed by atoms with van der Waals surface area (Å²) in [4.78, 5) is 0.240. The minimum absolute atomic E-state index is 0.240. The number of rotatable bonds is 5. The fraction of sp³-hybridized carbons (Fsp3) is 0.130. The zero-order valence-electron chi connectivity index (χ0n) is 16.4. The van der Waals surface area contributed by atoms with E-state index in [2.05, 4.69) is 0 Å². The van der Waals surface area contributed by atoms with Gasteiger partial charge >= 0.3 is 0 Å². The van der Waals surface area contributed by atoms with Crippen LogP contribution >= 0.6 is 0 Å². The highest BCUT2D eigenvalue weighted by molar-refractivity contribution is 7.90. The Bertz CT molecular complexity index is 1270. The van der Waals surface area contributed by atoms with Gasteiger partial charge in [0.05, 0.1) is 24.6 Å². The van der Waals surface area contributed by atoms with Gasteiger partial charge in [-0.2, -0.15) is 0 Å². The van der Waals surface area contributed by atoms with Crippen LogP contribution in [-0.2, 0) is 10.0 Å². The van der Waals surface area contributed by atoms with E-state index in [1.165, 1.54) is 3.97 Å². The minimum Gasteiger partial charge on any atom is -0.497 e. The third-order valence-corrected chi connectivity index (χ3v) is 6.65. The minimum atomic E-state index is -3.77.